The highest BCUT2D eigenvalue weighted by Gasteiger charge is 2.46. The Morgan fingerprint density at radius 3 is 2.39 bits per heavy atom. The number of aromatic nitrogens is 3. The third-order valence-corrected chi connectivity index (χ3v) is 16.3. The molecule has 6 aliphatic heterocycles. The lowest BCUT2D eigenvalue weighted by molar-refractivity contribution is -0.136. The molecule has 2 bridgehead atoms. The topological polar surface area (TPSA) is 160 Å². The monoisotopic (exact) mass is 960 g/mol. The summed E-state index contributed by atoms with van der Waals surface area (Å²) in [5.41, 5.74) is 2.73. The maximum Gasteiger partial charge on any atom is 0.319 e. The largest absolute Gasteiger partial charge is 0.508 e. The Balaban J connectivity index is 0.678. The number of carbonyl (C=O) groups is 3. The Kier molecular flexibility index (Phi) is 11.3. The van der Waals surface area contributed by atoms with E-state index in [0.29, 0.717) is 72.8 Å². The molecule has 6 fully saturated rings. The molecule has 3 unspecified atom stereocenters. The van der Waals surface area contributed by atoms with Crippen LogP contribution in [-0.4, -0.2) is 143 Å². The van der Waals surface area contributed by atoms with Gasteiger partial charge < -0.3 is 34.8 Å². The van der Waals surface area contributed by atoms with E-state index in [0.717, 1.165) is 102 Å². The Morgan fingerprint density at radius 1 is 0.855 bits per heavy atom. The average molecular weight is 962 g/mol. The van der Waals surface area contributed by atoms with E-state index >= 15 is 4.39 Å². The molecule has 18 heteroatoms. The number of carbonyl (C=O) groups excluding carboxylic acids is 3. The predicted molar refractivity (Wildman–Crippen MR) is 256 cm³/mol. The molecule has 7 aliphatic rings. The summed E-state index contributed by atoms with van der Waals surface area (Å²) in [4.78, 5) is 63.0. The van der Waals surface area contributed by atoms with Crippen LogP contribution < -0.4 is 25.2 Å². The van der Waals surface area contributed by atoms with E-state index in [4.69, 9.17) is 26.3 Å². The van der Waals surface area contributed by atoms with Crippen molar-refractivity contribution >= 4 is 62.5 Å². The van der Waals surface area contributed by atoms with Crippen molar-refractivity contribution in [3.8, 4) is 23.0 Å². The quantitative estimate of drug-likeness (QED) is 0.135. The summed E-state index contributed by atoms with van der Waals surface area (Å²) in [5, 5.41) is 17.7. The first-order chi connectivity index (χ1) is 33.4. The van der Waals surface area contributed by atoms with Gasteiger partial charge in [-0.15, -0.1) is 0 Å². The fourth-order valence-electron chi connectivity index (χ4n) is 11.9. The van der Waals surface area contributed by atoms with E-state index in [1.54, 1.807) is 11.1 Å². The number of hydrogen-bond donors (Lipinski definition) is 3. The molecule has 12 rings (SSSR count). The molecule has 0 radical (unpaired) electrons. The minimum absolute atomic E-state index is 0.0346. The van der Waals surface area contributed by atoms with Crippen molar-refractivity contribution in [1.29, 1.82) is 0 Å². The van der Waals surface area contributed by atoms with Gasteiger partial charge >= 0.3 is 6.01 Å². The van der Waals surface area contributed by atoms with Crippen molar-refractivity contribution in [3.05, 3.63) is 76.4 Å². The van der Waals surface area contributed by atoms with Crippen molar-refractivity contribution in [3.63, 3.8) is 0 Å². The number of nitrogens with zero attached hydrogens (tertiary/aromatic N) is 8. The Labute approximate surface area is 403 Å². The third-order valence-electron chi connectivity index (χ3n) is 15.9. The summed E-state index contributed by atoms with van der Waals surface area (Å²) < 4.78 is 38.3. The van der Waals surface area contributed by atoms with Crippen LogP contribution in [0.25, 0.3) is 32.9 Å². The summed E-state index contributed by atoms with van der Waals surface area (Å²) in [6.45, 7) is 10.00. The number of imide groups is 1. The number of aromatic hydroxyl groups is 1. The SMILES string of the molecule is O=C1CCC(N2Cc3cc(N4CCN(CC5CCN(CC6(COc7nc(N8CC9CCC(C8)N9)c8cnc(-c9cc(O)cc%10ccc(F)c(Cl)c9%10)c(F)c8n7)CC6)CC5)CC4)ccc3C2=O)C(=O)N1. The second kappa shape index (κ2) is 17.6. The smallest absolute Gasteiger partial charge is 0.319 e. The molecule has 8 heterocycles. The van der Waals surface area contributed by atoms with Crippen LogP contribution in [0.1, 0.15) is 67.3 Å². The molecule has 1 aliphatic carbocycles. The van der Waals surface area contributed by atoms with Crippen LogP contribution in [0.5, 0.6) is 11.8 Å². The van der Waals surface area contributed by atoms with Crippen LogP contribution >= 0.6 is 11.6 Å². The van der Waals surface area contributed by atoms with Gasteiger partial charge in [-0.1, -0.05) is 17.7 Å². The Bertz CT molecular complexity index is 2890. The van der Waals surface area contributed by atoms with E-state index < -0.39 is 23.6 Å². The number of benzene rings is 3. The number of pyridine rings is 1. The Hall–Kier alpha value is -5.75. The van der Waals surface area contributed by atoms with E-state index in [1.807, 2.05) is 12.1 Å². The summed E-state index contributed by atoms with van der Waals surface area (Å²) in [5.74, 6) is -1.14. The van der Waals surface area contributed by atoms with Gasteiger partial charge in [-0.25, -0.2) is 8.78 Å². The molecule has 360 valence electrons. The zero-order valence-electron chi connectivity index (χ0n) is 38.4. The van der Waals surface area contributed by atoms with E-state index in [-0.39, 0.29) is 62.6 Å². The highest BCUT2D eigenvalue weighted by molar-refractivity contribution is 6.37. The zero-order chi connectivity index (χ0) is 47.1. The number of hydrogen-bond acceptors (Lipinski definition) is 13. The standard InChI is InChI=1S/C51H55ClF2N10O5/c52-43-39(53)6-1-30-20-35(65)21-37(42(30)43)45-44(54)46-38(22-55-45)47(63-25-32-2-3-33(26-63)56-32)59-50(58-46)69-28-51(11-12-51)27-61-13-9-29(10-14-61)23-60-15-17-62(18-16-60)34-4-5-36-31(19-34)24-64(49(36)68)40-7-8-41(66)57-48(40)67/h1,4-6,19-22,29,32-33,40,56,65H,2-3,7-18,23-28H2,(H,57,66,67). The van der Waals surface area contributed by atoms with Gasteiger partial charge in [0.05, 0.1) is 17.0 Å². The molecule has 5 aromatic rings. The van der Waals surface area contributed by atoms with Gasteiger partial charge in [0.1, 0.15) is 34.6 Å². The van der Waals surface area contributed by atoms with Crippen LogP contribution in [0.15, 0.2) is 48.7 Å². The van der Waals surface area contributed by atoms with Crippen molar-refractivity contribution in [2.75, 3.05) is 81.9 Å². The van der Waals surface area contributed by atoms with Crippen LogP contribution in [0.3, 0.4) is 0 Å². The molecule has 3 N–H and O–H groups in total. The summed E-state index contributed by atoms with van der Waals surface area (Å²) >= 11 is 6.46. The normalized spacial score (nSPS) is 24.1. The summed E-state index contributed by atoms with van der Waals surface area (Å²) in [6.07, 6.45) is 8.59. The molecular weight excluding hydrogens is 906 g/mol. The van der Waals surface area contributed by atoms with Gasteiger partial charge in [0, 0.05) is 111 Å². The predicted octanol–water partition coefficient (Wildman–Crippen LogP) is 5.88. The third kappa shape index (κ3) is 8.48. The number of nitrogens with one attached hydrogen (secondary N) is 2. The number of anilines is 2. The number of phenols is 1. The van der Waals surface area contributed by atoms with Gasteiger partial charge in [0.2, 0.25) is 11.8 Å². The first kappa shape index (κ1) is 44.5. The molecule has 69 heavy (non-hydrogen) atoms. The molecule has 15 nitrogen and oxygen atoms in total. The molecule has 5 saturated heterocycles. The number of rotatable bonds is 11. The van der Waals surface area contributed by atoms with E-state index in [1.165, 1.54) is 24.3 Å². The second-order valence-electron chi connectivity index (χ2n) is 20.5. The second-order valence-corrected chi connectivity index (χ2v) is 20.9. The van der Waals surface area contributed by atoms with Gasteiger partial charge in [0.25, 0.3) is 5.91 Å². The summed E-state index contributed by atoms with van der Waals surface area (Å²) in [6, 6.07) is 11.6. The van der Waals surface area contributed by atoms with Crippen molar-refractivity contribution in [2.45, 2.75) is 76.0 Å². The van der Waals surface area contributed by atoms with Crippen LogP contribution in [-0.2, 0) is 16.1 Å². The van der Waals surface area contributed by atoms with Gasteiger partial charge in [-0.3, -0.25) is 29.6 Å². The molecule has 1 saturated carbocycles. The molecule has 3 aromatic carbocycles. The molecular formula is C51H55ClF2N10O5. The maximum absolute atomic E-state index is 17.0. The highest BCUT2D eigenvalue weighted by Crippen LogP contribution is 2.47. The number of phenolic OH excluding ortho intramolecular Hbond substituents is 1. The van der Waals surface area contributed by atoms with Gasteiger partial charge in [-0.2, -0.15) is 9.97 Å². The average Bonchev–Trinajstić information content (AvgIpc) is 3.92. The Morgan fingerprint density at radius 2 is 1.64 bits per heavy atom. The molecule has 0 spiro atoms. The zero-order valence-corrected chi connectivity index (χ0v) is 39.1. The lowest BCUT2D eigenvalue weighted by Gasteiger charge is -2.40. The minimum atomic E-state index is -0.725. The van der Waals surface area contributed by atoms with Gasteiger partial charge in [0.15, 0.2) is 5.82 Å². The van der Waals surface area contributed by atoms with Crippen molar-refractivity contribution < 1.29 is 33.0 Å². The van der Waals surface area contributed by atoms with E-state index in [9.17, 15) is 23.9 Å². The molecule has 3 amide bonds. The number of fused-ring (bicyclic) bond motifs is 5. The number of piperidine rings is 2. The fourth-order valence-corrected chi connectivity index (χ4v) is 12.2. The summed E-state index contributed by atoms with van der Waals surface area (Å²) in [7, 11) is 0. The number of piperazine rings is 2. The lowest BCUT2D eigenvalue weighted by Crippen LogP contribution is -2.52. The van der Waals surface area contributed by atoms with Crippen molar-refractivity contribution in [2.24, 2.45) is 11.3 Å². The van der Waals surface area contributed by atoms with Crippen LogP contribution in [0.2, 0.25) is 5.02 Å². The van der Waals surface area contributed by atoms with Crippen LogP contribution in [0, 0.1) is 23.0 Å². The van der Waals surface area contributed by atoms with Gasteiger partial charge in [-0.05, 0) is 111 Å². The maximum atomic E-state index is 17.0. The number of amides is 3. The first-order valence-electron chi connectivity index (χ1n) is 24.5. The fraction of sp³-hybridized carbons (Fsp3) is 0.490. The molecule has 3 atom stereocenters. The number of likely N-dealkylation sites (tertiary alicyclic amines) is 1. The highest BCUT2D eigenvalue weighted by atomic mass is 35.5. The van der Waals surface area contributed by atoms with Crippen molar-refractivity contribution in [1.82, 2.24) is 40.3 Å². The van der Waals surface area contributed by atoms with E-state index in [2.05, 4.69) is 41.3 Å². The molecule has 2 aromatic heterocycles. The van der Waals surface area contributed by atoms with Crippen LogP contribution in [0.4, 0.5) is 20.3 Å². The number of ether oxygens (including phenoxy) is 1. The number of halogens is 3. The minimum Gasteiger partial charge on any atom is -0.508 e. The lowest BCUT2D eigenvalue weighted by atomic mass is 9.94. The first-order valence-corrected chi connectivity index (χ1v) is 24.9.